The van der Waals surface area contributed by atoms with Gasteiger partial charge in [-0.05, 0) is 20.3 Å². The van der Waals surface area contributed by atoms with Crippen molar-refractivity contribution in [1.29, 1.82) is 0 Å². The zero-order valence-electron chi connectivity index (χ0n) is 7.20. The molecule has 0 spiro atoms. The zero-order chi connectivity index (χ0) is 8.98. The van der Waals surface area contributed by atoms with Gasteiger partial charge in [0.25, 0.3) is 0 Å². The minimum absolute atomic E-state index is 0.336. The zero-order valence-corrected chi connectivity index (χ0v) is 7.20. The van der Waals surface area contributed by atoms with Crippen LogP contribution in [0.15, 0.2) is 12.2 Å². The van der Waals surface area contributed by atoms with Crippen molar-refractivity contribution in [2.45, 2.75) is 31.5 Å². The first-order chi connectivity index (χ1) is 5.45. The number of carboxylic acids is 1. The second-order valence-corrected chi connectivity index (χ2v) is 4.03. The van der Waals surface area contributed by atoms with Gasteiger partial charge in [0.05, 0.1) is 17.1 Å². The van der Waals surface area contributed by atoms with Gasteiger partial charge < -0.3 is 9.84 Å². The molecule has 0 aliphatic carbocycles. The Hall–Kier alpha value is -0.830. The predicted molar refractivity (Wildman–Crippen MR) is 42.8 cm³/mol. The van der Waals surface area contributed by atoms with Crippen molar-refractivity contribution >= 4 is 5.97 Å². The van der Waals surface area contributed by atoms with Crippen molar-refractivity contribution in [3.8, 4) is 0 Å². The number of fused-ring (bicyclic) bond motifs is 2. The molecule has 2 heterocycles. The van der Waals surface area contributed by atoms with Crippen LogP contribution in [0.25, 0.3) is 0 Å². The molecule has 0 aromatic rings. The summed E-state index contributed by atoms with van der Waals surface area (Å²) < 4.78 is 5.63. The SMILES string of the molecule is CC12C=CC(C)(O1)C(C(=O)O)C2. The Kier molecular flexibility index (Phi) is 1.24. The van der Waals surface area contributed by atoms with Crippen LogP contribution in [0.1, 0.15) is 20.3 Å². The van der Waals surface area contributed by atoms with E-state index in [1.165, 1.54) is 0 Å². The topological polar surface area (TPSA) is 46.5 Å². The molecule has 1 saturated heterocycles. The molecule has 12 heavy (non-hydrogen) atoms. The molecule has 3 heteroatoms. The minimum Gasteiger partial charge on any atom is -0.481 e. The lowest BCUT2D eigenvalue weighted by Gasteiger charge is -2.21. The van der Waals surface area contributed by atoms with Gasteiger partial charge in [-0.25, -0.2) is 0 Å². The summed E-state index contributed by atoms with van der Waals surface area (Å²) in [4.78, 5) is 10.8. The fraction of sp³-hybridized carbons (Fsp3) is 0.667. The highest BCUT2D eigenvalue weighted by molar-refractivity contribution is 5.73. The molecule has 0 aromatic heterocycles. The number of ether oxygens (including phenoxy) is 1. The van der Waals surface area contributed by atoms with E-state index in [1.54, 1.807) is 0 Å². The molecule has 1 N–H and O–H groups in total. The molecule has 0 saturated carbocycles. The monoisotopic (exact) mass is 168 g/mol. The fourth-order valence-corrected chi connectivity index (χ4v) is 2.15. The van der Waals surface area contributed by atoms with Gasteiger partial charge in [0.1, 0.15) is 0 Å². The highest BCUT2D eigenvalue weighted by atomic mass is 16.5. The van der Waals surface area contributed by atoms with Gasteiger partial charge in [-0.1, -0.05) is 12.2 Å². The van der Waals surface area contributed by atoms with Gasteiger partial charge in [-0.2, -0.15) is 0 Å². The average Bonchev–Trinajstić information content (AvgIpc) is 2.36. The Morgan fingerprint density at radius 1 is 1.58 bits per heavy atom. The third kappa shape index (κ3) is 0.829. The molecule has 3 nitrogen and oxygen atoms in total. The third-order valence-electron chi connectivity index (χ3n) is 2.82. The van der Waals surface area contributed by atoms with E-state index in [0.29, 0.717) is 6.42 Å². The Bertz CT molecular complexity index is 271. The standard InChI is InChI=1S/C9H12O3/c1-8-3-4-9(2,12-8)6(5-8)7(10)11/h3-4,6H,5H2,1-2H3,(H,10,11). The van der Waals surface area contributed by atoms with E-state index in [1.807, 2.05) is 26.0 Å². The molecule has 3 unspecified atom stereocenters. The molecule has 2 bridgehead atoms. The van der Waals surface area contributed by atoms with Crippen LogP contribution in [-0.4, -0.2) is 22.3 Å². The van der Waals surface area contributed by atoms with E-state index in [9.17, 15) is 4.79 Å². The molecule has 0 radical (unpaired) electrons. The first-order valence-corrected chi connectivity index (χ1v) is 4.09. The summed E-state index contributed by atoms with van der Waals surface area (Å²) >= 11 is 0. The number of carbonyl (C=O) groups is 1. The normalized spacial score (nSPS) is 50.0. The predicted octanol–water partition coefficient (Wildman–Crippen LogP) is 1.19. The lowest BCUT2D eigenvalue weighted by Crippen LogP contribution is -2.33. The van der Waals surface area contributed by atoms with Crippen molar-refractivity contribution < 1.29 is 14.6 Å². The molecule has 3 atom stereocenters. The summed E-state index contributed by atoms with van der Waals surface area (Å²) in [7, 11) is 0. The molecule has 0 amide bonds. The smallest absolute Gasteiger partial charge is 0.309 e. The van der Waals surface area contributed by atoms with E-state index >= 15 is 0 Å². The minimum atomic E-state index is -0.759. The molecule has 2 aliphatic heterocycles. The molecular weight excluding hydrogens is 156 g/mol. The number of hydrogen-bond acceptors (Lipinski definition) is 2. The number of rotatable bonds is 1. The van der Waals surface area contributed by atoms with Gasteiger partial charge in [-0.3, -0.25) is 4.79 Å². The maximum Gasteiger partial charge on any atom is 0.309 e. The first kappa shape index (κ1) is 7.80. The van der Waals surface area contributed by atoms with Crippen molar-refractivity contribution in [2.75, 3.05) is 0 Å². The van der Waals surface area contributed by atoms with Gasteiger partial charge >= 0.3 is 5.97 Å². The van der Waals surface area contributed by atoms with Crippen molar-refractivity contribution in [2.24, 2.45) is 5.92 Å². The molecule has 0 aromatic carbocycles. The summed E-state index contributed by atoms with van der Waals surface area (Å²) in [5.74, 6) is -1.14. The second-order valence-electron chi connectivity index (χ2n) is 4.03. The summed E-state index contributed by atoms with van der Waals surface area (Å²) in [6.07, 6.45) is 4.43. The molecular formula is C9H12O3. The maximum absolute atomic E-state index is 10.8. The molecule has 66 valence electrons. The quantitative estimate of drug-likeness (QED) is 0.598. The van der Waals surface area contributed by atoms with Crippen LogP contribution in [0.4, 0.5) is 0 Å². The summed E-state index contributed by atoms with van der Waals surface area (Å²) in [6, 6.07) is 0. The summed E-state index contributed by atoms with van der Waals surface area (Å²) in [5, 5.41) is 8.90. The number of hydrogen-bond donors (Lipinski definition) is 1. The van der Waals surface area contributed by atoms with Crippen LogP contribution in [0.5, 0.6) is 0 Å². The van der Waals surface area contributed by atoms with Crippen molar-refractivity contribution in [3.63, 3.8) is 0 Å². The van der Waals surface area contributed by atoms with Gasteiger partial charge in [0.15, 0.2) is 0 Å². The molecule has 1 fully saturated rings. The van der Waals surface area contributed by atoms with Crippen LogP contribution in [0.3, 0.4) is 0 Å². The van der Waals surface area contributed by atoms with Crippen LogP contribution in [-0.2, 0) is 9.53 Å². The Morgan fingerprint density at radius 2 is 2.25 bits per heavy atom. The van der Waals surface area contributed by atoms with Crippen LogP contribution >= 0.6 is 0 Å². The van der Waals surface area contributed by atoms with E-state index in [-0.39, 0.29) is 11.5 Å². The molecule has 2 rings (SSSR count). The molecule has 2 aliphatic rings. The van der Waals surface area contributed by atoms with Crippen LogP contribution in [0.2, 0.25) is 0 Å². The van der Waals surface area contributed by atoms with E-state index in [2.05, 4.69) is 0 Å². The van der Waals surface area contributed by atoms with Crippen LogP contribution < -0.4 is 0 Å². The largest absolute Gasteiger partial charge is 0.481 e. The van der Waals surface area contributed by atoms with Crippen LogP contribution in [0, 0.1) is 5.92 Å². The Morgan fingerprint density at radius 3 is 2.50 bits per heavy atom. The maximum atomic E-state index is 10.8. The Balaban J connectivity index is 2.35. The van der Waals surface area contributed by atoms with Gasteiger partial charge in [0, 0.05) is 0 Å². The second kappa shape index (κ2) is 1.91. The third-order valence-corrected chi connectivity index (χ3v) is 2.82. The van der Waals surface area contributed by atoms with E-state index in [4.69, 9.17) is 9.84 Å². The average molecular weight is 168 g/mol. The highest BCUT2D eigenvalue weighted by Crippen LogP contribution is 2.49. The van der Waals surface area contributed by atoms with E-state index in [0.717, 1.165) is 0 Å². The van der Waals surface area contributed by atoms with E-state index < -0.39 is 11.6 Å². The number of aliphatic carboxylic acids is 1. The van der Waals surface area contributed by atoms with Gasteiger partial charge in [-0.15, -0.1) is 0 Å². The summed E-state index contributed by atoms with van der Waals surface area (Å²) in [5.41, 5.74) is -0.904. The van der Waals surface area contributed by atoms with Crippen molar-refractivity contribution in [1.82, 2.24) is 0 Å². The van der Waals surface area contributed by atoms with Gasteiger partial charge in [0.2, 0.25) is 0 Å². The van der Waals surface area contributed by atoms with Crippen molar-refractivity contribution in [3.05, 3.63) is 12.2 Å². The first-order valence-electron chi connectivity index (χ1n) is 4.09. The lowest BCUT2D eigenvalue weighted by atomic mass is 9.81. The highest BCUT2D eigenvalue weighted by Gasteiger charge is 2.55. The lowest BCUT2D eigenvalue weighted by molar-refractivity contribution is -0.145. The summed E-state index contributed by atoms with van der Waals surface area (Å²) in [6.45, 7) is 3.76. The Labute approximate surface area is 71.0 Å². The fourth-order valence-electron chi connectivity index (χ4n) is 2.15. The number of carboxylic acid groups (broad SMARTS) is 1.